The summed E-state index contributed by atoms with van der Waals surface area (Å²) >= 11 is 3.31. The highest BCUT2D eigenvalue weighted by molar-refractivity contribution is 9.10. The predicted molar refractivity (Wildman–Crippen MR) is 71.1 cm³/mol. The first-order valence-electron chi connectivity index (χ1n) is 5.06. The van der Waals surface area contributed by atoms with Gasteiger partial charge in [0, 0.05) is 16.4 Å². The Morgan fingerprint density at radius 3 is 2.67 bits per heavy atom. The number of hydrogen-bond donors (Lipinski definition) is 1. The number of anilines is 2. The molecule has 1 aromatic heterocycles. The van der Waals surface area contributed by atoms with Gasteiger partial charge in [-0.15, -0.1) is 0 Å². The SMILES string of the molecule is N#Cc1cc(Nc2ccc(Br)cc2C#N)ccn1. The van der Waals surface area contributed by atoms with Crippen molar-refractivity contribution in [3.8, 4) is 12.1 Å². The number of benzene rings is 1. The molecule has 0 unspecified atom stereocenters. The molecule has 0 saturated carbocycles. The van der Waals surface area contributed by atoms with Gasteiger partial charge >= 0.3 is 0 Å². The molecular formula is C13H7BrN4. The molecule has 2 rings (SSSR count). The van der Waals surface area contributed by atoms with Crippen LogP contribution >= 0.6 is 15.9 Å². The molecule has 0 aliphatic rings. The van der Waals surface area contributed by atoms with E-state index in [9.17, 15) is 0 Å². The van der Waals surface area contributed by atoms with Crippen LogP contribution in [0.2, 0.25) is 0 Å². The Bertz CT molecular complexity index is 667. The lowest BCUT2D eigenvalue weighted by atomic mass is 10.2. The van der Waals surface area contributed by atoms with Gasteiger partial charge in [0.2, 0.25) is 0 Å². The molecule has 1 aromatic carbocycles. The molecule has 86 valence electrons. The van der Waals surface area contributed by atoms with Gasteiger partial charge in [0.15, 0.2) is 0 Å². The Morgan fingerprint density at radius 2 is 1.94 bits per heavy atom. The summed E-state index contributed by atoms with van der Waals surface area (Å²) in [7, 11) is 0. The van der Waals surface area contributed by atoms with Gasteiger partial charge < -0.3 is 5.32 Å². The summed E-state index contributed by atoms with van der Waals surface area (Å²) < 4.78 is 0.844. The van der Waals surface area contributed by atoms with E-state index in [0.717, 1.165) is 10.2 Å². The molecule has 0 atom stereocenters. The quantitative estimate of drug-likeness (QED) is 0.923. The number of nitrogens with one attached hydrogen (secondary N) is 1. The molecule has 0 aliphatic heterocycles. The number of nitriles is 2. The van der Waals surface area contributed by atoms with E-state index in [0.29, 0.717) is 16.9 Å². The summed E-state index contributed by atoms with van der Waals surface area (Å²) in [6.45, 7) is 0. The van der Waals surface area contributed by atoms with Crippen molar-refractivity contribution < 1.29 is 0 Å². The van der Waals surface area contributed by atoms with Crippen molar-refractivity contribution in [1.82, 2.24) is 4.98 Å². The summed E-state index contributed by atoms with van der Waals surface area (Å²) in [5.74, 6) is 0. The van der Waals surface area contributed by atoms with Gasteiger partial charge in [-0.3, -0.25) is 0 Å². The van der Waals surface area contributed by atoms with E-state index in [4.69, 9.17) is 10.5 Å². The van der Waals surface area contributed by atoms with Crippen molar-refractivity contribution in [2.24, 2.45) is 0 Å². The molecule has 0 aliphatic carbocycles. The Hall–Kier alpha value is -2.37. The highest BCUT2D eigenvalue weighted by atomic mass is 79.9. The zero-order valence-electron chi connectivity index (χ0n) is 9.18. The summed E-state index contributed by atoms with van der Waals surface area (Å²) in [6, 6.07) is 12.8. The van der Waals surface area contributed by atoms with Crippen molar-refractivity contribution in [2.75, 3.05) is 5.32 Å². The molecule has 0 fully saturated rings. The van der Waals surface area contributed by atoms with Gasteiger partial charge in [0.25, 0.3) is 0 Å². The fourth-order valence-electron chi connectivity index (χ4n) is 1.44. The highest BCUT2D eigenvalue weighted by Crippen LogP contribution is 2.23. The lowest BCUT2D eigenvalue weighted by molar-refractivity contribution is 1.26. The largest absolute Gasteiger partial charge is 0.354 e. The smallest absolute Gasteiger partial charge is 0.142 e. The molecule has 4 nitrogen and oxygen atoms in total. The third-order valence-corrected chi connectivity index (χ3v) is 2.75. The molecule has 2 aromatic rings. The van der Waals surface area contributed by atoms with E-state index in [-0.39, 0.29) is 0 Å². The van der Waals surface area contributed by atoms with Gasteiger partial charge in [-0.05, 0) is 30.3 Å². The zero-order valence-corrected chi connectivity index (χ0v) is 10.8. The Labute approximate surface area is 113 Å². The minimum atomic E-state index is 0.329. The molecule has 0 radical (unpaired) electrons. The first-order chi connectivity index (χ1) is 8.72. The van der Waals surface area contributed by atoms with Crippen LogP contribution in [0.25, 0.3) is 0 Å². The van der Waals surface area contributed by atoms with E-state index >= 15 is 0 Å². The van der Waals surface area contributed by atoms with E-state index in [1.807, 2.05) is 12.1 Å². The highest BCUT2D eigenvalue weighted by Gasteiger charge is 2.04. The maximum Gasteiger partial charge on any atom is 0.142 e. The Kier molecular flexibility index (Phi) is 3.57. The van der Waals surface area contributed by atoms with Gasteiger partial charge in [-0.1, -0.05) is 15.9 Å². The van der Waals surface area contributed by atoms with Gasteiger partial charge in [-0.25, -0.2) is 4.98 Å². The number of nitrogens with zero attached hydrogens (tertiary/aromatic N) is 3. The van der Waals surface area contributed by atoms with Crippen LogP contribution in [0, 0.1) is 22.7 Å². The molecule has 0 saturated heterocycles. The zero-order chi connectivity index (χ0) is 13.0. The first-order valence-corrected chi connectivity index (χ1v) is 5.85. The molecule has 1 N–H and O–H groups in total. The van der Waals surface area contributed by atoms with Crippen molar-refractivity contribution >= 4 is 27.3 Å². The molecular weight excluding hydrogens is 292 g/mol. The Balaban J connectivity index is 2.35. The third-order valence-electron chi connectivity index (χ3n) is 2.26. The molecule has 0 spiro atoms. The third kappa shape index (κ3) is 2.65. The number of rotatable bonds is 2. The van der Waals surface area contributed by atoms with E-state index in [1.165, 1.54) is 0 Å². The standard InChI is InChI=1S/C13H7BrN4/c14-10-1-2-13(9(5-10)7-15)18-11-3-4-17-12(6-11)8-16/h1-6H,(H,17,18). The number of halogens is 1. The monoisotopic (exact) mass is 298 g/mol. The first kappa shape index (κ1) is 12.1. The van der Waals surface area contributed by atoms with Crippen molar-refractivity contribution in [1.29, 1.82) is 10.5 Å². The molecule has 18 heavy (non-hydrogen) atoms. The van der Waals surface area contributed by atoms with Gasteiger partial charge in [0.05, 0.1) is 11.3 Å². The normalized spacial score (nSPS) is 9.28. The maximum absolute atomic E-state index is 9.05. The number of aromatic nitrogens is 1. The fraction of sp³-hybridized carbons (Fsp3) is 0. The second-order valence-corrected chi connectivity index (χ2v) is 4.38. The van der Waals surface area contributed by atoms with Crippen LogP contribution in [0.3, 0.4) is 0 Å². The van der Waals surface area contributed by atoms with Crippen molar-refractivity contribution in [3.63, 3.8) is 0 Å². The molecule has 5 heteroatoms. The summed E-state index contributed by atoms with van der Waals surface area (Å²) in [5.41, 5.74) is 2.27. The topological polar surface area (TPSA) is 72.5 Å². The van der Waals surface area contributed by atoms with Crippen LogP contribution < -0.4 is 5.32 Å². The van der Waals surface area contributed by atoms with Crippen LogP contribution in [-0.4, -0.2) is 4.98 Å². The number of hydrogen-bond acceptors (Lipinski definition) is 4. The molecule has 1 heterocycles. The molecule has 0 bridgehead atoms. The van der Waals surface area contributed by atoms with Gasteiger partial charge in [-0.2, -0.15) is 10.5 Å². The molecule has 0 amide bonds. The lowest BCUT2D eigenvalue weighted by Crippen LogP contribution is -1.95. The maximum atomic E-state index is 9.05. The summed E-state index contributed by atoms with van der Waals surface area (Å²) in [4.78, 5) is 3.88. The summed E-state index contributed by atoms with van der Waals surface area (Å²) in [5, 5.41) is 20.9. The summed E-state index contributed by atoms with van der Waals surface area (Å²) in [6.07, 6.45) is 1.55. The average Bonchev–Trinajstić information content (AvgIpc) is 2.41. The predicted octanol–water partition coefficient (Wildman–Crippen LogP) is 3.33. The van der Waals surface area contributed by atoms with E-state index < -0.39 is 0 Å². The Morgan fingerprint density at radius 1 is 1.11 bits per heavy atom. The van der Waals surface area contributed by atoms with E-state index in [1.54, 1.807) is 30.5 Å². The lowest BCUT2D eigenvalue weighted by Gasteiger charge is -2.08. The second-order valence-electron chi connectivity index (χ2n) is 3.47. The van der Waals surface area contributed by atoms with Crippen LogP contribution in [0.15, 0.2) is 41.0 Å². The second kappa shape index (κ2) is 5.31. The minimum absolute atomic E-state index is 0.329. The average molecular weight is 299 g/mol. The van der Waals surface area contributed by atoms with E-state index in [2.05, 4.69) is 32.3 Å². The van der Waals surface area contributed by atoms with Crippen molar-refractivity contribution in [3.05, 3.63) is 52.3 Å². The van der Waals surface area contributed by atoms with Gasteiger partial charge in [0.1, 0.15) is 17.8 Å². The van der Waals surface area contributed by atoms with Crippen LogP contribution in [-0.2, 0) is 0 Å². The fourth-order valence-corrected chi connectivity index (χ4v) is 1.80. The van der Waals surface area contributed by atoms with Crippen LogP contribution in [0.1, 0.15) is 11.3 Å². The number of pyridine rings is 1. The minimum Gasteiger partial charge on any atom is -0.354 e. The van der Waals surface area contributed by atoms with Crippen LogP contribution in [0.4, 0.5) is 11.4 Å². The van der Waals surface area contributed by atoms with Crippen LogP contribution in [0.5, 0.6) is 0 Å². The van der Waals surface area contributed by atoms with Crippen molar-refractivity contribution in [2.45, 2.75) is 0 Å².